The van der Waals surface area contributed by atoms with E-state index in [0.29, 0.717) is 0 Å². The van der Waals surface area contributed by atoms with Crippen LogP contribution in [0.2, 0.25) is 0 Å². The number of morpholine rings is 1. The van der Waals surface area contributed by atoms with E-state index in [0.717, 1.165) is 49.1 Å². The third kappa shape index (κ3) is 2.65. The van der Waals surface area contributed by atoms with Crippen LogP contribution in [0, 0.1) is 4.77 Å². The van der Waals surface area contributed by atoms with E-state index < -0.39 is 0 Å². The number of quaternary nitrogens is 1. The average molecular weight is 292 g/mol. The quantitative estimate of drug-likeness (QED) is 0.802. The van der Waals surface area contributed by atoms with Crippen molar-refractivity contribution in [2.45, 2.75) is 6.67 Å². The van der Waals surface area contributed by atoms with E-state index >= 15 is 0 Å². The molecule has 20 heavy (non-hydrogen) atoms. The number of ether oxygens (including phenoxy) is 1. The summed E-state index contributed by atoms with van der Waals surface area (Å²) in [5, 5.41) is 4.66. The molecule has 0 spiro atoms. The Morgan fingerprint density at radius 1 is 1.30 bits per heavy atom. The van der Waals surface area contributed by atoms with Crippen molar-refractivity contribution in [3.05, 3.63) is 29.3 Å². The van der Waals surface area contributed by atoms with Crippen LogP contribution in [0.15, 0.2) is 24.5 Å². The molecule has 0 aromatic carbocycles. The maximum absolute atomic E-state index is 5.49. The first-order chi connectivity index (χ1) is 9.75. The van der Waals surface area contributed by atoms with Crippen molar-refractivity contribution >= 4 is 12.2 Å². The van der Waals surface area contributed by atoms with Crippen molar-refractivity contribution in [1.82, 2.24) is 19.3 Å². The van der Waals surface area contributed by atoms with Gasteiger partial charge in [0.05, 0.1) is 13.2 Å². The molecule has 0 saturated carbocycles. The molecule has 106 valence electrons. The Balaban J connectivity index is 1.88. The molecule has 0 unspecified atom stereocenters. The second kappa shape index (κ2) is 5.82. The summed E-state index contributed by atoms with van der Waals surface area (Å²) in [6.45, 7) is 4.42. The molecule has 0 radical (unpaired) electrons. The molecule has 6 nitrogen and oxygen atoms in total. The minimum atomic E-state index is 0.746. The van der Waals surface area contributed by atoms with Crippen LogP contribution in [-0.4, -0.2) is 45.6 Å². The molecule has 0 amide bonds. The van der Waals surface area contributed by atoms with E-state index in [1.807, 2.05) is 28.4 Å². The molecule has 1 saturated heterocycles. The van der Waals surface area contributed by atoms with Crippen LogP contribution in [0.3, 0.4) is 0 Å². The molecule has 2 aromatic rings. The summed E-state index contributed by atoms with van der Waals surface area (Å²) >= 11 is 5.49. The van der Waals surface area contributed by atoms with Gasteiger partial charge in [-0.05, 0) is 24.4 Å². The van der Waals surface area contributed by atoms with E-state index in [1.54, 1.807) is 12.4 Å². The van der Waals surface area contributed by atoms with Gasteiger partial charge >= 0.3 is 0 Å². The monoisotopic (exact) mass is 292 g/mol. The molecule has 1 aliphatic heterocycles. The van der Waals surface area contributed by atoms with E-state index in [4.69, 9.17) is 17.0 Å². The van der Waals surface area contributed by atoms with Crippen molar-refractivity contribution in [2.75, 3.05) is 26.3 Å². The Hall–Kier alpha value is -1.57. The second-order valence-electron chi connectivity index (χ2n) is 4.92. The Kier molecular flexibility index (Phi) is 3.90. The zero-order chi connectivity index (χ0) is 13.9. The highest BCUT2D eigenvalue weighted by Gasteiger charge is 2.17. The van der Waals surface area contributed by atoms with Crippen molar-refractivity contribution in [2.24, 2.45) is 7.05 Å². The van der Waals surface area contributed by atoms with Crippen LogP contribution in [0.25, 0.3) is 11.4 Å². The van der Waals surface area contributed by atoms with Gasteiger partial charge in [-0.1, -0.05) is 0 Å². The first-order valence-corrected chi connectivity index (χ1v) is 7.12. The minimum Gasteiger partial charge on any atom is -0.370 e. The summed E-state index contributed by atoms with van der Waals surface area (Å²) < 4.78 is 9.98. The van der Waals surface area contributed by atoms with Crippen LogP contribution in [0.4, 0.5) is 0 Å². The molecular formula is C13H18N5OS+. The topological polar surface area (TPSA) is 49.3 Å². The number of nitrogens with zero attached hydrogens (tertiary/aromatic N) is 4. The number of hydrogen-bond donors (Lipinski definition) is 1. The summed E-state index contributed by atoms with van der Waals surface area (Å²) in [6.07, 6.45) is 3.54. The fourth-order valence-corrected chi connectivity index (χ4v) is 2.57. The highest BCUT2D eigenvalue weighted by atomic mass is 32.1. The number of hydrogen-bond acceptors (Lipinski definition) is 4. The summed E-state index contributed by atoms with van der Waals surface area (Å²) in [7, 11) is 1.95. The smallest absolute Gasteiger partial charge is 0.202 e. The molecule has 1 N–H and O–H groups in total. The summed E-state index contributed by atoms with van der Waals surface area (Å²) in [5.74, 6) is 0.880. The lowest BCUT2D eigenvalue weighted by atomic mass is 10.2. The van der Waals surface area contributed by atoms with Gasteiger partial charge in [0.2, 0.25) is 4.77 Å². The van der Waals surface area contributed by atoms with E-state index in [1.165, 1.54) is 4.90 Å². The SMILES string of the molecule is Cn1c(-c2ccncc2)nn(C[NH+]2CCOCC2)c1=S. The fraction of sp³-hybridized carbons (Fsp3) is 0.462. The molecule has 2 aromatic heterocycles. The molecule has 1 fully saturated rings. The standard InChI is InChI=1S/C13H17N5OS/c1-16-12(11-2-4-14-5-3-11)15-18(13(16)20)10-17-6-8-19-9-7-17/h2-5H,6-10H2,1H3/p+1. The molecule has 3 heterocycles. The third-order valence-corrected chi connectivity index (χ3v) is 4.04. The number of pyridine rings is 1. The van der Waals surface area contributed by atoms with Gasteiger partial charge in [0, 0.05) is 25.0 Å². The zero-order valence-electron chi connectivity index (χ0n) is 11.5. The van der Waals surface area contributed by atoms with Gasteiger partial charge in [-0.3, -0.25) is 4.98 Å². The Morgan fingerprint density at radius 3 is 2.70 bits per heavy atom. The largest absolute Gasteiger partial charge is 0.370 e. The van der Waals surface area contributed by atoms with Crippen LogP contribution in [0.1, 0.15) is 0 Å². The first-order valence-electron chi connectivity index (χ1n) is 6.71. The van der Waals surface area contributed by atoms with E-state index in [-0.39, 0.29) is 0 Å². The molecular weight excluding hydrogens is 274 g/mol. The molecule has 0 aliphatic carbocycles. The molecule has 7 heteroatoms. The Labute approximate surface area is 122 Å². The maximum Gasteiger partial charge on any atom is 0.202 e. The van der Waals surface area contributed by atoms with Gasteiger partial charge in [-0.2, -0.15) is 4.68 Å². The van der Waals surface area contributed by atoms with E-state index in [2.05, 4.69) is 10.1 Å². The summed E-state index contributed by atoms with van der Waals surface area (Å²) in [5.41, 5.74) is 1.03. The average Bonchev–Trinajstić information content (AvgIpc) is 2.78. The zero-order valence-corrected chi connectivity index (χ0v) is 12.3. The van der Waals surface area contributed by atoms with Gasteiger partial charge in [0.25, 0.3) is 0 Å². The Bertz CT molecular complexity index is 630. The highest BCUT2D eigenvalue weighted by molar-refractivity contribution is 7.71. The van der Waals surface area contributed by atoms with Gasteiger partial charge in [-0.25, -0.2) is 0 Å². The van der Waals surface area contributed by atoms with Crippen molar-refractivity contribution in [3.63, 3.8) is 0 Å². The summed E-state index contributed by atoms with van der Waals surface area (Å²) in [6, 6.07) is 3.89. The maximum atomic E-state index is 5.49. The molecule has 3 rings (SSSR count). The summed E-state index contributed by atoms with van der Waals surface area (Å²) in [4.78, 5) is 5.49. The normalized spacial score (nSPS) is 16.4. The van der Waals surface area contributed by atoms with Crippen LogP contribution in [-0.2, 0) is 18.5 Å². The van der Waals surface area contributed by atoms with Gasteiger partial charge in [0.15, 0.2) is 12.5 Å². The molecule has 0 bridgehead atoms. The van der Waals surface area contributed by atoms with Crippen molar-refractivity contribution < 1.29 is 9.64 Å². The van der Waals surface area contributed by atoms with Gasteiger partial charge in [0.1, 0.15) is 13.1 Å². The lowest BCUT2D eigenvalue weighted by Gasteiger charge is -2.23. The van der Waals surface area contributed by atoms with Crippen molar-refractivity contribution in [3.8, 4) is 11.4 Å². The number of rotatable bonds is 3. The lowest BCUT2D eigenvalue weighted by molar-refractivity contribution is -0.930. The highest BCUT2D eigenvalue weighted by Crippen LogP contribution is 2.15. The van der Waals surface area contributed by atoms with Crippen LogP contribution in [0.5, 0.6) is 0 Å². The van der Waals surface area contributed by atoms with Crippen LogP contribution >= 0.6 is 12.2 Å². The third-order valence-electron chi connectivity index (χ3n) is 3.55. The predicted octanol–water partition coefficient (Wildman–Crippen LogP) is -0.114. The number of nitrogens with one attached hydrogen (secondary N) is 1. The first kappa shape index (κ1) is 13.4. The van der Waals surface area contributed by atoms with Crippen molar-refractivity contribution in [1.29, 1.82) is 0 Å². The van der Waals surface area contributed by atoms with Gasteiger partial charge in [-0.15, -0.1) is 5.10 Å². The fourth-order valence-electron chi connectivity index (χ4n) is 2.37. The van der Waals surface area contributed by atoms with Gasteiger partial charge < -0.3 is 14.2 Å². The van der Waals surface area contributed by atoms with E-state index in [9.17, 15) is 0 Å². The second-order valence-corrected chi connectivity index (χ2v) is 5.29. The molecule has 0 atom stereocenters. The minimum absolute atomic E-state index is 0.746. The van der Waals surface area contributed by atoms with Crippen LogP contribution < -0.4 is 4.90 Å². The number of aromatic nitrogens is 4. The molecule has 1 aliphatic rings. The lowest BCUT2D eigenvalue weighted by Crippen LogP contribution is -3.13. The Morgan fingerprint density at radius 2 is 2.00 bits per heavy atom. The predicted molar refractivity (Wildman–Crippen MR) is 76.8 cm³/mol.